The van der Waals surface area contributed by atoms with Crippen molar-refractivity contribution in [3.05, 3.63) is 10.6 Å². The molecule has 1 heterocycles. The molecule has 0 radical (unpaired) electrons. The van der Waals surface area contributed by atoms with Crippen molar-refractivity contribution >= 4 is 11.5 Å². The third kappa shape index (κ3) is 1.15. The fourth-order valence-electron chi connectivity index (χ4n) is 3.11. The molecule has 0 amide bonds. The number of fused-ring (bicyclic) bond motifs is 1. The maximum absolute atomic E-state index is 10.6. The van der Waals surface area contributed by atoms with Crippen molar-refractivity contribution in [2.45, 2.75) is 44.6 Å². The van der Waals surface area contributed by atoms with E-state index < -0.39 is 5.60 Å². The highest BCUT2D eigenvalue weighted by Gasteiger charge is 2.68. The van der Waals surface area contributed by atoms with E-state index in [1.807, 2.05) is 0 Å². The highest BCUT2D eigenvalue weighted by Crippen LogP contribution is 2.67. The Hall–Kier alpha value is -0.480. The van der Waals surface area contributed by atoms with Gasteiger partial charge in [0.1, 0.15) is 5.60 Å². The number of aromatic nitrogens is 2. The van der Waals surface area contributed by atoms with E-state index in [1.54, 1.807) is 0 Å². The van der Waals surface area contributed by atoms with Crippen molar-refractivity contribution in [1.82, 2.24) is 9.59 Å². The van der Waals surface area contributed by atoms with Gasteiger partial charge in [0.2, 0.25) is 0 Å². The second-order valence-corrected chi connectivity index (χ2v) is 5.87. The van der Waals surface area contributed by atoms with Crippen LogP contribution in [0.15, 0.2) is 0 Å². The average molecular weight is 224 g/mol. The van der Waals surface area contributed by atoms with Gasteiger partial charge in [0.15, 0.2) is 0 Å². The van der Waals surface area contributed by atoms with Gasteiger partial charge in [-0.25, -0.2) is 0 Å². The molecule has 0 aliphatic heterocycles. The van der Waals surface area contributed by atoms with E-state index in [0.29, 0.717) is 17.8 Å². The van der Waals surface area contributed by atoms with E-state index in [1.165, 1.54) is 30.8 Å². The molecule has 3 nitrogen and oxygen atoms in total. The fraction of sp³-hybridized carbons (Fsp3) is 0.818. The van der Waals surface area contributed by atoms with Gasteiger partial charge in [-0.2, -0.15) is 0 Å². The van der Waals surface area contributed by atoms with Crippen LogP contribution in [0, 0.1) is 11.8 Å². The Morgan fingerprint density at radius 2 is 2.07 bits per heavy atom. The van der Waals surface area contributed by atoms with Crippen LogP contribution in [-0.2, 0) is 5.60 Å². The Bertz CT molecular complexity index is 378. The minimum absolute atomic E-state index is 0.365. The minimum Gasteiger partial charge on any atom is -0.384 e. The summed E-state index contributed by atoms with van der Waals surface area (Å²) < 4.78 is 4.01. The second-order valence-electron chi connectivity index (χ2n) is 5.11. The summed E-state index contributed by atoms with van der Waals surface area (Å²) in [6, 6.07) is 0. The zero-order chi connectivity index (χ0) is 10.6. The summed E-state index contributed by atoms with van der Waals surface area (Å²) in [5.74, 6) is 1.36. The smallest absolute Gasteiger partial charge is 0.109 e. The summed E-state index contributed by atoms with van der Waals surface area (Å²) in [7, 11) is 0. The number of aliphatic hydroxyl groups is 1. The number of hydrogen-bond acceptors (Lipinski definition) is 4. The topological polar surface area (TPSA) is 46.0 Å². The largest absolute Gasteiger partial charge is 0.384 e. The molecule has 3 rings (SSSR count). The Balaban J connectivity index is 1.97. The predicted molar refractivity (Wildman–Crippen MR) is 58.7 cm³/mol. The maximum Gasteiger partial charge on any atom is 0.109 e. The lowest BCUT2D eigenvalue weighted by atomic mass is 10.0. The summed E-state index contributed by atoms with van der Waals surface area (Å²) >= 11 is 1.39. The summed E-state index contributed by atoms with van der Waals surface area (Å²) in [5, 5.41) is 14.8. The Morgan fingerprint density at radius 1 is 1.40 bits per heavy atom. The Kier molecular flexibility index (Phi) is 1.95. The van der Waals surface area contributed by atoms with Crippen LogP contribution in [0.5, 0.6) is 0 Å². The molecule has 2 fully saturated rings. The van der Waals surface area contributed by atoms with Crippen LogP contribution in [0.25, 0.3) is 0 Å². The fourth-order valence-corrected chi connectivity index (χ4v) is 4.14. The zero-order valence-corrected chi connectivity index (χ0v) is 9.92. The molecular weight excluding hydrogens is 208 g/mol. The van der Waals surface area contributed by atoms with E-state index in [9.17, 15) is 5.11 Å². The molecule has 2 aliphatic carbocycles. The maximum atomic E-state index is 10.6. The Morgan fingerprint density at radius 3 is 2.67 bits per heavy atom. The lowest BCUT2D eigenvalue weighted by molar-refractivity contribution is 0.108. The summed E-state index contributed by atoms with van der Waals surface area (Å²) in [6.45, 7) is 4.23. The first-order valence-electron chi connectivity index (χ1n) is 5.70. The van der Waals surface area contributed by atoms with Crippen molar-refractivity contribution in [3.8, 4) is 0 Å². The molecule has 1 aromatic rings. The first-order chi connectivity index (χ1) is 7.15. The van der Waals surface area contributed by atoms with E-state index in [2.05, 4.69) is 23.4 Å². The average Bonchev–Trinajstić information content (AvgIpc) is 2.77. The third-order valence-electron chi connectivity index (χ3n) is 3.96. The van der Waals surface area contributed by atoms with Gasteiger partial charge in [0, 0.05) is 0 Å². The van der Waals surface area contributed by atoms with Gasteiger partial charge in [-0.1, -0.05) is 24.8 Å². The van der Waals surface area contributed by atoms with Gasteiger partial charge < -0.3 is 5.11 Å². The lowest BCUT2D eigenvalue weighted by Crippen LogP contribution is -2.14. The van der Waals surface area contributed by atoms with Crippen molar-refractivity contribution in [1.29, 1.82) is 0 Å². The van der Waals surface area contributed by atoms with Crippen LogP contribution in [0.1, 0.15) is 49.6 Å². The van der Waals surface area contributed by atoms with Crippen LogP contribution in [0.4, 0.5) is 0 Å². The molecule has 1 aromatic heterocycles. The first-order valence-corrected chi connectivity index (χ1v) is 6.48. The van der Waals surface area contributed by atoms with Gasteiger partial charge in [0.25, 0.3) is 0 Å². The molecule has 2 saturated carbocycles. The van der Waals surface area contributed by atoms with Crippen molar-refractivity contribution < 1.29 is 5.11 Å². The van der Waals surface area contributed by atoms with Gasteiger partial charge in [0.05, 0.1) is 10.6 Å². The van der Waals surface area contributed by atoms with Crippen molar-refractivity contribution in [2.24, 2.45) is 11.8 Å². The molecule has 2 atom stereocenters. The van der Waals surface area contributed by atoms with E-state index in [4.69, 9.17) is 0 Å². The first kappa shape index (κ1) is 9.73. The third-order valence-corrected chi connectivity index (χ3v) is 4.84. The molecule has 82 valence electrons. The SMILES string of the molecule is CC(C)c1nnsc1C1(O)C2CCCC21. The van der Waals surface area contributed by atoms with Crippen LogP contribution >= 0.6 is 11.5 Å². The summed E-state index contributed by atoms with van der Waals surface area (Å²) in [6.07, 6.45) is 3.63. The summed E-state index contributed by atoms with van der Waals surface area (Å²) in [4.78, 5) is 1.05. The van der Waals surface area contributed by atoms with Crippen molar-refractivity contribution in [3.63, 3.8) is 0 Å². The minimum atomic E-state index is -0.550. The normalized spacial score (nSPS) is 38.4. The number of rotatable bonds is 2. The van der Waals surface area contributed by atoms with Gasteiger partial charge in [-0.15, -0.1) is 5.10 Å². The van der Waals surface area contributed by atoms with Crippen LogP contribution in [0.3, 0.4) is 0 Å². The van der Waals surface area contributed by atoms with Gasteiger partial charge in [-0.3, -0.25) is 0 Å². The second kappa shape index (κ2) is 3.01. The molecule has 0 aromatic carbocycles. The molecule has 2 unspecified atom stereocenters. The molecule has 2 aliphatic rings. The van der Waals surface area contributed by atoms with Gasteiger partial charge >= 0.3 is 0 Å². The van der Waals surface area contributed by atoms with Crippen LogP contribution in [-0.4, -0.2) is 14.7 Å². The molecular formula is C11H16N2OS. The zero-order valence-electron chi connectivity index (χ0n) is 9.10. The van der Waals surface area contributed by atoms with Gasteiger partial charge in [-0.05, 0) is 42.1 Å². The lowest BCUT2D eigenvalue weighted by Gasteiger charge is -2.14. The van der Waals surface area contributed by atoms with E-state index >= 15 is 0 Å². The van der Waals surface area contributed by atoms with E-state index in [-0.39, 0.29) is 0 Å². The van der Waals surface area contributed by atoms with E-state index in [0.717, 1.165) is 10.6 Å². The predicted octanol–water partition coefficient (Wildman–Crippen LogP) is 2.28. The molecule has 4 heteroatoms. The summed E-state index contributed by atoms with van der Waals surface area (Å²) in [5.41, 5.74) is 0.461. The molecule has 1 N–H and O–H groups in total. The quantitative estimate of drug-likeness (QED) is 0.838. The monoisotopic (exact) mass is 224 g/mol. The van der Waals surface area contributed by atoms with Crippen LogP contribution in [0.2, 0.25) is 0 Å². The molecule has 0 spiro atoms. The Labute approximate surface area is 93.7 Å². The number of hydrogen-bond donors (Lipinski definition) is 1. The van der Waals surface area contributed by atoms with Crippen LogP contribution < -0.4 is 0 Å². The highest BCUT2D eigenvalue weighted by molar-refractivity contribution is 7.05. The molecule has 0 saturated heterocycles. The number of nitrogens with zero attached hydrogens (tertiary/aromatic N) is 2. The highest BCUT2D eigenvalue weighted by atomic mass is 32.1. The molecule has 0 bridgehead atoms. The molecule has 15 heavy (non-hydrogen) atoms. The van der Waals surface area contributed by atoms with Crippen molar-refractivity contribution in [2.75, 3.05) is 0 Å². The standard InChI is InChI=1S/C11H16N2OS/c1-6(2)9-10(15-13-12-9)11(14)7-4-3-5-8(7)11/h6-8,14H,3-5H2,1-2H3.